The van der Waals surface area contributed by atoms with E-state index in [1.807, 2.05) is 6.92 Å². The van der Waals surface area contributed by atoms with Crippen LogP contribution in [0.2, 0.25) is 0 Å². The molecule has 0 saturated carbocycles. The maximum absolute atomic E-state index is 12.3. The molecule has 3 rings (SSSR count). The summed E-state index contributed by atoms with van der Waals surface area (Å²) in [5.74, 6) is -0.489. The van der Waals surface area contributed by atoms with E-state index >= 15 is 0 Å². The van der Waals surface area contributed by atoms with Crippen LogP contribution in [0.5, 0.6) is 0 Å². The second kappa shape index (κ2) is 4.86. The highest BCUT2D eigenvalue weighted by Gasteiger charge is 2.40. The van der Waals surface area contributed by atoms with Crippen molar-refractivity contribution in [3.8, 4) is 0 Å². The largest absolute Gasteiger partial charge is 0.347 e. The first-order valence-electron chi connectivity index (χ1n) is 6.54. The predicted octanol–water partition coefficient (Wildman–Crippen LogP) is 0.764. The van der Waals surface area contributed by atoms with Crippen molar-refractivity contribution in [3.05, 3.63) is 23.8 Å². The van der Waals surface area contributed by atoms with Crippen molar-refractivity contribution in [3.63, 3.8) is 0 Å². The Balaban J connectivity index is 1.66. The molecule has 6 heteroatoms. The van der Waals surface area contributed by atoms with Gasteiger partial charge >= 0.3 is 0 Å². The minimum Gasteiger partial charge on any atom is -0.347 e. The fraction of sp³-hybridized carbons (Fsp3) is 0.615. The van der Waals surface area contributed by atoms with Gasteiger partial charge in [0, 0.05) is 31.6 Å². The Labute approximate surface area is 111 Å². The Kier molecular flexibility index (Phi) is 3.20. The van der Waals surface area contributed by atoms with Crippen molar-refractivity contribution in [1.29, 1.82) is 0 Å². The van der Waals surface area contributed by atoms with Gasteiger partial charge in [0.25, 0.3) is 5.91 Å². The van der Waals surface area contributed by atoms with Gasteiger partial charge in [-0.1, -0.05) is 0 Å². The summed E-state index contributed by atoms with van der Waals surface area (Å²) in [6.45, 7) is 4.44. The Morgan fingerprint density at radius 1 is 1.26 bits per heavy atom. The molecule has 0 radical (unpaired) electrons. The Morgan fingerprint density at radius 3 is 2.58 bits per heavy atom. The fourth-order valence-electron chi connectivity index (χ4n) is 2.57. The lowest BCUT2D eigenvalue weighted by Gasteiger charge is -2.37. The Hall–Kier alpha value is -1.53. The number of carbonyl (C=O) groups is 1. The number of hydrogen-bond donors (Lipinski definition) is 0. The minimum atomic E-state index is -0.446. The summed E-state index contributed by atoms with van der Waals surface area (Å²) in [7, 11) is 0. The van der Waals surface area contributed by atoms with E-state index < -0.39 is 5.79 Å². The highest BCUT2D eigenvalue weighted by Crippen LogP contribution is 2.31. The average molecular weight is 263 g/mol. The second-order valence-corrected chi connectivity index (χ2v) is 4.94. The first kappa shape index (κ1) is 12.5. The van der Waals surface area contributed by atoms with Crippen molar-refractivity contribution in [1.82, 2.24) is 14.9 Å². The molecule has 1 spiro atoms. The summed E-state index contributed by atoms with van der Waals surface area (Å²) in [5.41, 5.74) is 1.26. The summed E-state index contributed by atoms with van der Waals surface area (Å²) in [6, 6.07) is 1.72. The first-order chi connectivity index (χ1) is 9.19. The molecule has 102 valence electrons. The second-order valence-electron chi connectivity index (χ2n) is 4.94. The highest BCUT2D eigenvalue weighted by atomic mass is 16.7. The quantitative estimate of drug-likeness (QED) is 0.748. The van der Waals surface area contributed by atoms with Gasteiger partial charge in [0.2, 0.25) is 0 Å². The number of hydrogen-bond acceptors (Lipinski definition) is 5. The van der Waals surface area contributed by atoms with E-state index in [1.165, 1.54) is 6.33 Å². The van der Waals surface area contributed by atoms with Gasteiger partial charge in [0.15, 0.2) is 5.79 Å². The molecule has 0 unspecified atom stereocenters. The number of likely N-dealkylation sites (tertiary alicyclic amines) is 1. The van der Waals surface area contributed by atoms with Gasteiger partial charge in [0.05, 0.1) is 13.2 Å². The molecule has 1 aromatic rings. The van der Waals surface area contributed by atoms with Gasteiger partial charge in [-0.2, -0.15) is 0 Å². The summed E-state index contributed by atoms with van der Waals surface area (Å²) < 4.78 is 11.3. The number of carbonyl (C=O) groups excluding carboxylic acids is 1. The molecular formula is C13H17N3O3. The molecule has 6 nitrogen and oxygen atoms in total. The van der Waals surface area contributed by atoms with Gasteiger partial charge in [-0.3, -0.25) is 4.79 Å². The number of rotatable bonds is 1. The van der Waals surface area contributed by atoms with Crippen molar-refractivity contribution >= 4 is 5.91 Å². The maximum Gasteiger partial charge on any atom is 0.272 e. The number of ether oxygens (including phenoxy) is 2. The molecule has 0 N–H and O–H groups in total. The molecule has 19 heavy (non-hydrogen) atoms. The molecule has 3 heterocycles. The monoisotopic (exact) mass is 263 g/mol. The van der Waals surface area contributed by atoms with Gasteiger partial charge in [-0.25, -0.2) is 9.97 Å². The zero-order valence-electron chi connectivity index (χ0n) is 11.0. The third-order valence-electron chi connectivity index (χ3n) is 3.65. The van der Waals surface area contributed by atoms with E-state index in [0.717, 1.165) is 18.5 Å². The van der Waals surface area contributed by atoms with Crippen LogP contribution in [0.4, 0.5) is 0 Å². The summed E-state index contributed by atoms with van der Waals surface area (Å²) >= 11 is 0. The highest BCUT2D eigenvalue weighted by molar-refractivity contribution is 5.92. The summed E-state index contributed by atoms with van der Waals surface area (Å²) in [4.78, 5) is 22.2. The third kappa shape index (κ3) is 2.46. The van der Waals surface area contributed by atoms with Gasteiger partial charge < -0.3 is 14.4 Å². The Bertz CT molecular complexity index is 476. The van der Waals surface area contributed by atoms with E-state index in [9.17, 15) is 4.79 Å². The van der Waals surface area contributed by atoms with E-state index in [-0.39, 0.29) is 5.91 Å². The zero-order chi connectivity index (χ0) is 13.3. The van der Waals surface area contributed by atoms with Gasteiger partial charge in [-0.05, 0) is 13.0 Å². The maximum atomic E-state index is 12.3. The summed E-state index contributed by atoms with van der Waals surface area (Å²) in [5, 5.41) is 0. The molecule has 2 aliphatic rings. The summed E-state index contributed by atoms with van der Waals surface area (Å²) in [6.07, 6.45) is 2.88. The van der Waals surface area contributed by atoms with Crippen LogP contribution in [0.15, 0.2) is 12.4 Å². The van der Waals surface area contributed by atoms with E-state index in [2.05, 4.69) is 9.97 Å². The molecule has 2 aliphatic heterocycles. The average Bonchev–Trinajstić information content (AvgIpc) is 2.87. The molecule has 2 fully saturated rings. The number of aryl methyl sites for hydroxylation is 1. The zero-order valence-corrected chi connectivity index (χ0v) is 11.0. The normalized spacial score (nSPS) is 21.8. The fourth-order valence-corrected chi connectivity index (χ4v) is 2.57. The number of nitrogens with zero attached hydrogens (tertiary/aromatic N) is 3. The van der Waals surface area contributed by atoms with E-state index in [4.69, 9.17) is 9.47 Å². The van der Waals surface area contributed by atoms with Gasteiger partial charge in [0.1, 0.15) is 12.0 Å². The van der Waals surface area contributed by atoms with Crippen molar-refractivity contribution < 1.29 is 14.3 Å². The van der Waals surface area contributed by atoms with Gasteiger partial charge in [-0.15, -0.1) is 0 Å². The van der Waals surface area contributed by atoms with Crippen LogP contribution < -0.4 is 0 Å². The lowest BCUT2D eigenvalue weighted by Crippen LogP contribution is -2.47. The molecule has 2 saturated heterocycles. The van der Waals surface area contributed by atoms with E-state index in [1.54, 1.807) is 11.0 Å². The topological polar surface area (TPSA) is 64.6 Å². The van der Waals surface area contributed by atoms with E-state index in [0.29, 0.717) is 32.0 Å². The van der Waals surface area contributed by atoms with Crippen molar-refractivity contribution in [2.24, 2.45) is 0 Å². The van der Waals surface area contributed by atoms with Crippen LogP contribution in [0.1, 0.15) is 29.0 Å². The molecule has 1 aromatic heterocycles. The standard InChI is InChI=1S/C13H17N3O3/c1-10-8-11(15-9-14-10)12(17)16-4-2-13(3-5-16)18-6-7-19-13/h8-9H,2-7H2,1H3. The predicted molar refractivity (Wildman–Crippen MR) is 66.5 cm³/mol. The molecular weight excluding hydrogens is 246 g/mol. The van der Waals surface area contributed by atoms with Crippen LogP contribution in [-0.4, -0.2) is 52.9 Å². The van der Waals surface area contributed by atoms with Crippen molar-refractivity contribution in [2.45, 2.75) is 25.6 Å². The smallest absolute Gasteiger partial charge is 0.272 e. The van der Waals surface area contributed by atoms with Crippen LogP contribution in [-0.2, 0) is 9.47 Å². The molecule has 0 bridgehead atoms. The Morgan fingerprint density at radius 2 is 1.95 bits per heavy atom. The molecule has 0 aliphatic carbocycles. The lowest BCUT2D eigenvalue weighted by atomic mass is 10.0. The SMILES string of the molecule is Cc1cc(C(=O)N2CCC3(CC2)OCCO3)ncn1. The number of piperidine rings is 1. The molecule has 0 aromatic carbocycles. The molecule has 1 amide bonds. The number of amides is 1. The third-order valence-corrected chi connectivity index (χ3v) is 3.65. The van der Waals surface area contributed by atoms with Crippen molar-refractivity contribution in [2.75, 3.05) is 26.3 Å². The van der Waals surface area contributed by atoms with Crippen LogP contribution in [0.3, 0.4) is 0 Å². The first-order valence-corrected chi connectivity index (χ1v) is 6.54. The minimum absolute atomic E-state index is 0.0432. The van der Waals surface area contributed by atoms with Crippen LogP contribution >= 0.6 is 0 Å². The lowest BCUT2D eigenvalue weighted by molar-refractivity contribution is -0.181. The van der Waals surface area contributed by atoms with Crippen LogP contribution in [0.25, 0.3) is 0 Å². The molecule has 0 atom stereocenters. The number of aromatic nitrogens is 2. The van der Waals surface area contributed by atoms with Crippen LogP contribution in [0, 0.1) is 6.92 Å².